The van der Waals surface area contributed by atoms with E-state index in [-0.39, 0.29) is 17.1 Å². The Labute approximate surface area is 169 Å². The van der Waals surface area contributed by atoms with Crippen LogP contribution in [0.25, 0.3) is 0 Å². The Morgan fingerprint density at radius 2 is 1.72 bits per heavy atom. The van der Waals surface area contributed by atoms with Crippen molar-refractivity contribution in [3.05, 3.63) is 71.4 Å². The third-order valence-corrected chi connectivity index (χ3v) is 5.70. The van der Waals surface area contributed by atoms with Gasteiger partial charge in [-0.15, -0.1) is 0 Å². The molecule has 9 heteroatoms. The molecule has 2 aromatic carbocycles. The highest BCUT2D eigenvalue weighted by Gasteiger charge is 2.25. The van der Waals surface area contributed by atoms with Gasteiger partial charge in [-0.05, 0) is 41.8 Å². The topological polar surface area (TPSA) is 113 Å². The van der Waals surface area contributed by atoms with Crippen LogP contribution in [0.2, 0.25) is 0 Å². The van der Waals surface area contributed by atoms with Crippen molar-refractivity contribution >= 4 is 21.6 Å². The summed E-state index contributed by atoms with van der Waals surface area (Å²) in [6.07, 6.45) is 2.13. The number of aromatic amines is 1. The molecule has 3 rings (SSSR count). The quantitative estimate of drug-likeness (QED) is 0.525. The van der Waals surface area contributed by atoms with E-state index in [1.54, 1.807) is 24.3 Å². The highest BCUT2D eigenvalue weighted by molar-refractivity contribution is 7.92. The molecule has 0 atom stereocenters. The van der Waals surface area contributed by atoms with Crippen molar-refractivity contribution in [3.8, 4) is 5.75 Å². The number of carbonyl (C=O) groups excluding carboxylic acids is 1. The number of anilines is 1. The number of ether oxygens (including phenoxy) is 1. The van der Waals surface area contributed by atoms with Crippen LogP contribution in [0.5, 0.6) is 5.75 Å². The van der Waals surface area contributed by atoms with Crippen LogP contribution in [-0.4, -0.2) is 31.6 Å². The lowest BCUT2D eigenvalue weighted by Gasteiger charge is -2.09. The standard InChI is InChI=1S/C20H22N4O4S/c1-3-14-4-6-15(7-5-14)12-21-19(25)18-13-22-23-20(18)29(26,27)24-16-8-10-17(28-2)11-9-16/h4-11,13,24H,3,12H2,1-2H3,(H,21,25)(H,22,23). The highest BCUT2D eigenvalue weighted by Crippen LogP contribution is 2.20. The molecule has 1 amide bonds. The lowest BCUT2D eigenvalue weighted by atomic mass is 10.1. The zero-order valence-corrected chi connectivity index (χ0v) is 16.9. The Hall–Kier alpha value is -3.33. The van der Waals surface area contributed by atoms with Gasteiger partial charge < -0.3 is 10.1 Å². The molecule has 3 aromatic rings. The fourth-order valence-corrected chi connectivity index (χ4v) is 3.83. The van der Waals surface area contributed by atoms with Crippen LogP contribution >= 0.6 is 0 Å². The van der Waals surface area contributed by atoms with Crippen molar-refractivity contribution < 1.29 is 17.9 Å². The number of nitrogens with one attached hydrogen (secondary N) is 3. The second-order valence-electron chi connectivity index (χ2n) is 6.30. The van der Waals surface area contributed by atoms with Gasteiger partial charge in [0.2, 0.25) is 0 Å². The number of amides is 1. The zero-order valence-electron chi connectivity index (χ0n) is 16.1. The van der Waals surface area contributed by atoms with Gasteiger partial charge in [0.05, 0.1) is 18.9 Å². The molecule has 0 aliphatic carbocycles. The molecule has 0 unspecified atom stereocenters. The average molecular weight is 414 g/mol. The number of nitrogens with zero attached hydrogens (tertiary/aromatic N) is 1. The smallest absolute Gasteiger partial charge is 0.279 e. The SMILES string of the molecule is CCc1ccc(CNC(=O)c2cn[nH]c2S(=O)(=O)Nc2ccc(OC)cc2)cc1. The van der Waals surface area contributed by atoms with Crippen LogP contribution in [0.15, 0.2) is 59.8 Å². The summed E-state index contributed by atoms with van der Waals surface area (Å²) in [5, 5.41) is 8.55. The van der Waals surface area contributed by atoms with E-state index in [1.165, 1.54) is 18.9 Å². The fraction of sp³-hybridized carbons (Fsp3) is 0.200. The number of aromatic nitrogens is 2. The van der Waals surface area contributed by atoms with Crippen molar-refractivity contribution in [2.24, 2.45) is 0 Å². The van der Waals surface area contributed by atoms with Gasteiger partial charge in [0.1, 0.15) is 5.75 Å². The van der Waals surface area contributed by atoms with Crippen LogP contribution in [0.3, 0.4) is 0 Å². The van der Waals surface area contributed by atoms with Crippen molar-refractivity contribution in [1.29, 1.82) is 0 Å². The van der Waals surface area contributed by atoms with E-state index >= 15 is 0 Å². The van der Waals surface area contributed by atoms with Gasteiger partial charge in [-0.25, -0.2) is 0 Å². The predicted molar refractivity (Wildman–Crippen MR) is 109 cm³/mol. The number of H-pyrrole nitrogens is 1. The minimum Gasteiger partial charge on any atom is -0.497 e. The maximum atomic E-state index is 12.7. The summed E-state index contributed by atoms with van der Waals surface area (Å²) in [5.74, 6) is 0.0648. The first-order chi connectivity index (χ1) is 13.9. The second-order valence-corrected chi connectivity index (χ2v) is 7.92. The third-order valence-electron chi connectivity index (χ3n) is 4.34. The molecule has 0 saturated heterocycles. The van der Waals surface area contributed by atoms with Gasteiger partial charge in [0.15, 0.2) is 5.03 Å². The minimum atomic E-state index is -4.03. The normalized spacial score (nSPS) is 11.1. The maximum Gasteiger partial charge on any atom is 0.279 e. The first kappa shape index (κ1) is 20.4. The second kappa shape index (κ2) is 8.78. The number of carbonyl (C=O) groups is 1. The van der Waals surface area contributed by atoms with Crippen molar-refractivity contribution in [2.75, 3.05) is 11.8 Å². The van der Waals surface area contributed by atoms with Crippen molar-refractivity contribution in [3.63, 3.8) is 0 Å². The van der Waals surface area contributed by atoms with Crippen LogP contribution in [0, 0.1) is 0 Å². The van der Waals surface area contributed by atoms with Gasteiger partial charge in [0.25, 0.3) is 15.9 Å². The summed E-state index contributed by atoms with van der Waals surface area (Å²) in [4.78, 5) is 12.5. The summed E-state index contributed by atoms with van der Waals surface area (Å²) < 4.78 is 32.9. The summed E-state index contributed by atoms with van der Waals surface area (Å²) in [6, 6.07) is 14.2. The lowest BCUT2D eigenvalue weighted by Crippen LogP contribution is -2.25. The summed E-state index contributed by atoms with van der Waals surface area (Å²) in [6.45, 7) is 2.34. The molecule has 1 aromatic heterocycles. The number of aryl methyl sites for hydroxylation is 1. The number of sulfonamides is 1. The van der Waals surface area contributed by atoms with Crippen LogP contribution in [-0.2, 0) is 23.0 Å². The molecule has 8 nitrogen and oxygen atoms in total. The fourth-order valence-electron chi connectivity index (χ4n) is 2.68. The third kappa shape index (κ3) is 4.94. The Balaban J connectivity index is 1.71. The van der Waals surface area contributed by atoms with Gasteiger partial charge in [0, 0.05) is 12.2 Å². The Morgan fingerprint density at radius 3 is 2.34 bits per heavy atom. The van der Waals surface area contributed by atoms with Crippen LogP contribution in [0.1, 0.15) is 28.4 Å². The monoisotopic (exact) mass is 414 g/mol. The number of methoxy groups -OCH3 is 1. The van der Waals surface area contributed by atoms with Gasteiger partial charge in [-0.1, -0.05) is 31.2 Å². The molecule has 1 heterocycles. The molecule has 0 bridgehead atoms. The Kier molecular flexibility index (Phi) is 6.18. The van der Waals surface area contributed by atoms with E-state index in [0.29, 0.717) is 11.4 Å². The Morgan fingerprint density at radius 1 is 1.07 bits per heavy atom. The summed E-state index contributed by atoms with van der Waals surface area (Å²) in [7, 11) is -2.51. The number of hydrogen-bond acceptors (Lipinski definition) is 5. The predicted octanol–water partition coefficient (Wildman–Crippen LogP) is 2.71. The molecular weight excluding hydrogens is 392 g/mol. The zero-order chi connectivity index (χ0) is 20.9. The molecule has 0 aliphatic heterocycles. The number of hydrogen-bond donors (Lipinski definition) is 3. The van der Waals surface area contributed by atoms with E-state index in [1.807, 2.05) is 24.3 Å². The molecule has 29 heavy (non-hydrogen) atoms. The minimum absolute atomic E-state index is 0.0591. The molecule has 3 N–H and O–H groups in total. The maximum absolute atomic E-state index is 12.7. The number of benzene rings is 2. The number of rotatable bonds is 8. The van der Waals surface area contributed by atoms with Crippen LogP contribution in [0.4, 0.5) is 5.69 Å². The van der Waals surface area contributed by atoms with E-state index in [9.17, 15) is 13.2 Å². The van der Waals surface area contributed by atoms with E-state index in [4.69, 9.17) is 4.74 Å². The summed E-state index contributed by atoms with van der Waals surface area (Å²) >= 11 is 0. The molecule has 0 saturated carbocycles. The van der Waals surface area contributed by atoms with Gasteiger partial charge in [-0.3, -0.25) is 14.6 Å². The first-order valence-electron chi connectivity index (χ1n) is 8.99. The average Bonchev–Trinajstić information content (AvgIpc) is 3.24. The molecule has 0 aliphatic rings. The van der Waals surface area contributed by atoms with Crippen molar-refractivity contribution in [2.45, 2.75) is 24.9 Å². The molecule has 0 radical (unpaired) electrons. The van der Waals surface area contributed by atoms with Gasteiger partial charge >= 0.3 is 0 Å². The molecule has 152 valence electrons. The molecule has 0 spiro atoms. The van der Waals surface area contributed by atoms with E-state index < -0.39 is 15.9 Å². The highest BCUT2D eigenvalue weighted by atomic mass is 32.2. The van der Waals surface area contributed by atoms with E-state index in [0.717, 1.165) is 12.0 Å². The first-order valence-corrected chi connectivity index (χ1v) is 10.5. The lowest BCUT2D eigenvalue weighted by molar-refractivity contribution is 0.0947. The Bertz CT molecular complexity index is 1070. The largest absolute Gasteiger partial charge is 0.497 e. The molecular formula is C20H22N4O4S. The van der Waals surface area contributed by atoms with E-state index in [2.05, 4.69) is 27.2 Å². The molecule has 0 fully saturated rings. The summed E-state index contributed by atoms with van der Waals surface area (Å²) in [5.41, 5.74) is 2.40. The van der Waals surface area contributed by atoms with Crippen LogP contribution < -0.4 is 14.8 Å². The van der Waals surface area contributed by atoms with Gasteiger partial charge in [-0.2, -0.15) is 13.5 Å². The van der Waals surface area contributed by atoms with Crippen molar-refractivity contribution in [1.82, 2.24) is 15.5 Å².